The van der Waals surface area contributed by atoms with Gasteiger partial charge in [-0.25, -0.2) is 4.79 Å². The van der Waals surface area contributed by atoms with Crippen LogP contribution in [-0.4, -0.2) is 25.5 Å². The van der Waals surface area contributed by atoms with Gasteiger partial charge >= 0.3 is 5.63 Å². The molecule has 0 aliphatic rings. The van der Waals surface area contributed by atoms with Crippen molar-refractivity contribution < 1.29 is 4.42 Å². The van der Waals surface area contributed by atoms with Crippen molar-refractivity contribution in [3.63, 3.8) is 0 Å². The molecule has 4 rings (SSSR count). The minimum absolute atomic E-state index is 0.254. The molecule has 1 aromatic heterocycles. The van der Waals surface area contributed by atoms with Gasteiger partial charge in [0.15, 0.2) is 0 Å². The Bertz CT molecular complexity index is 1150. The van der Waals surface area contributed by atoms with E-state index in [9.17, 15) is 4.79 Å². The predicted octanol–water partition coefficient (Wildman–Crippen LogP) is 4.34. The SMILES string of the molecule is CN(C)[C@H](CNCc1cc(=O)oc2ccc3ccccc3c12)c1ccccc1. The van der Waals surface area contributed by atoms with Gasteiger partial charge in [0.05, 0.1) is 0 Å². The number of nitrogens with zero attached hydrogens (tertiary/aromatic N) is 1. The Hall–Kier alpha value is -2.95. The Balaban J connectivity index is 1.64. The van der Waals surface area contributed by atoms with Crippen molar-refractivity contribution >= 4 is 21.7 Å². The molecule has 1 N–H and O–H groups in total. The number of likely N-dealkylation sites (N-methyl/N-ethyl adjacent to an activating group) is 1. The van der Waals surface area contributed by atoms with Gasteiger partial charge in [-0.3, -0.25) is 0 Å². The van der Waals surface area contributed by atoms with Gasteiger partial charge in [-0.15, -0.1) is 0 Å². The molecule has 0 aliphatic carbocycles. The smallest absolute Gasteiger partial charge is 0.336 e. The minimum Gasteiger partial charge on any atom is -0.423 e. The van der Waals surface area contributed by atoms with E-state index < -0.39 is 0 Å². The molecule has 0 spiro atoms. The average Bonchev–Trinajstić information content (AvgIpc) is 2.71. The predicted molar refractivity (Wildman–Crippen MR) is 115 cm³/mol. The van der Waals surface area contributed by atoms with Crippen molar-refractivity contribution in [2.24, 2.45) is 0 Å². The van der Waals surface area contributed by atoms with Gasteiger partial charge in [0.2, 0.25) is 0 Å². The fraction of sp³-hybridized carbons (Fsp3) is 0.208. The van der Waals surface area contributed by atoms with Crippen LogP contribution in [0.25, 0.3) is 21.7 Å². The normalized spacial score (nSPS) is 12.7. The van der Waals surface area contributed by atoms with Gasteiger partial charge in [-0.2, -0.15) is 0 Å². The molecule has 0 amide bonds. The first-order chi connectivity index (χ1) is 13.6. The summed E-state index contributed by atoms with van der Waals surface area (Å²) in [6.07, 6.45) is 0. The van der Waals surface area contributed by atoms with Crippen molar-refractivity contribution in [1.82, 2.24) is 10.2 Å². The van der Waals surface area contributed by atoms with Gasteiger partial charge in [-0.05, 0) is 42.1 Å². The third-order valence-corrected chi connectivity index (χ3v) is 5.18. The van der Waals surface area contributed by atoms with Crippen LogP contribution in [-0.2, 0) is 6.54 Å². The van der Waals surface area contributed by atoms with E-state index in [0.29, 0.717) is 12.1 Å². The molecule has 0 aliphatic heterocycles. The number of nitrogens with one attached hydrogen (secondary N) is 1. The van der Waals surface area contributed by atoms with Crippen LogP contribution in [0.15, 0.2) is 82.0 Å². The van der Waals surface area contributed by atoms with Crippen LogP contribution in [0.3, 0.4) is 0 Å². The van der Waals surface area contributed by atoms with Gasteiger partial charge in [0, 0.05) is 30.6 Å². The number of hydrogen-bond donors (Lipinski definition) is 1. The second-order valence-electron chi connectivity index (χ2n) is 7.27. The van der Waals surface area contributed by atoms with E-state index in [4.69, 9.17) is 4.42 Å². The van der Waals surface area contributed by atoms with Gasteiger partial charge in [0.25, 0.3) is 0 Å². The Kier molecular flexibility index (Phi) is 5.24. The molecule has 4 heteroatoms. The Morgan fingerprint density at radius 2 is 1.71 bits per heavy atom. The molecule has 1 atom stereocenters. The van der Waals surface area contributed by atoms with Crippen LogP contribution in [0.2, 0.25) is 0 Å². The third-order valence-electron chi connectivity index (χ3n) is 5.18. The summed E-state index contributed by atoms with van der Waals surface area (Å²) in [5.74, 6) is 0. The Morgan fingerprint density at radius 1 is 0.964 bits per heavy atom. The largest absolute Gasteiger partial charge is 0.423 e. The molecule has 142 valence electrons. The molecule has 1 heterocycles. The summed E-state index contributed by atoms with van der Waals surface area (Å²) in [5.41, 5.74) is 2.55. The summed E-state index contributed by atoms with van der Waals surface area (Å²) in [4.78, 5) is 14.3. The van der Waals surface area contributed by atoms with E-state index in [1.165, 1.54) is 5.56 Å². The zero-order valence-electron chi connectivity index (χ0n) is 16.2. The molecular formula is C24H24N2O2. The fourth-order valence-corrected chi connectivity index (χ4v) is 3.78. The number of rotatable bonds is 6. The lowest BCUT2D eigenvalue weighted by molar-refractivity contribution is 0.288. The van der Waals surface area contributed by atoms with Crippen LogP contribution in [0, 0.1) is 0 Å². The highest BCUT2D eigenvalue weighted by molar-refractivity contribution is 6.07. The molecule has 0 fully saturated rings. The molecule has 0 unspecified atom stereocenters. The second kappa shape index (κ2) is 7.97. The van der Waals surface area contributed by atoms with Crippen molar-refractivity contribution in [2.45, 2.75) is 12.6 Å². The molecular weight excluding hydrogens is 348 g/mol. The maximum Gasteiger partial charge on any atom is 0.336 e. The first kappa shape index (κ1) is 18.4. The molecule has 0 radical (unpaired) electrons. The summed E-state index contributed by atoms with van der Waals surface area (Å²) < 4.78 is 5.45. The van der Waals surface area contributed by atoms with E-state index in [0.717, 1.165) is 28.3 Å². The monoisotopic (exact) mass is 372 g/mol. The third kappa shape index (κ3) is 3.70. The van der Waals surface area contributed by atoms with E-state index in [2.05, 4.69) is 60.7 Å². The van der Waals surface area contributed by atoms with Crippen LogP contribution >= 0.6 is 0 Å². The van der Waals surface area contributed by atoms with Crippen molar-refractivity contribution in [3.8, 4) is 0 Å². The summed E-state index contributed by atoms with van der Waals surface area (Å²) in [5, 5.41) is 6.79. The first-order valence-electron chi connectivity index (χ1n) is 9.50. The lowest BCUT2D eigenvalue weighted by Gasteiger charge is -2.25. The molecule has 0 bridgehead atoms. The van der Waals surface area contributed by atoms with E-state index >= 15 is 0 Å². The number of benzene rings is 3. The van der Waals surface area contributed by atoms with Gasteiger partial charge in [-0.1, -0.05) is 60.7 Å². The lowest BCUT2D eigenvalue weighted by atomic mass is 10.0. The van der Waals surface area contributed by atoms with Crippen LogP contribution in [0.5, 0.6) is 0 Å². The van der Waals surface area contributed by atoms with Crippen LogP contribution in [0.1, 0.15) is 17.2 Å². The molecule has 3 aromatic carbocycles. The maximum atomic E-state index is 12.1. The van der Waals surface area contributed by atoms with Crippen LogP contribution < -0.4 is 10.9 Å². The molecule has 4 aromatic rings. The molecule has 0 saturated heterocycles. The topological polar surface area (TPSA) is 45.5 Å². The zero-order chi connectivity index (χ0) is 19.5. The van der Waals surface area contributed by atoms with E-state index in [1.54, 1.807) is 6.07 Å². The summed E-state index contributed by atoms with van der Waals surface area (Å²) in [6.45, 7) is 1.39. The maximum absolute atomic E-state index is 12.1. The average molecular weight is 372 g/mol. The minimum atomic E-state index is -0.313. The summed E-state index contributed by atoms with van der Waals surface area (Å²) in [7, 11) is 4.17. The van der Waals surface area contributed by atoms with Crippen LogP contribution in [0.4, 0.5) is 0 Å². The van der Waals surface area contributed by atoms with Crippen molar-refractivity contribution in [2.75, 3.05) is 20.6 Å². The fourth-order valence-electron chi connectivity index (χ4n) is 3.78. The summed E-state index contributed by atoms with van der Waals surface area (Å²) >= 11 is 0. The molecule has 28 heavy (non-hydrogen) atoms. The lowest BCUT2D eigenvalue weighted by Crippen LogP contribution is -2.31. The highest BCUT2D eigenvalue weighted by Crippen LogP contribution is 2.27. The zero-order valence-corrected chi connectivity index (χ0v) is 16.2. The van der Waals surface area contributed by atoms with Gasteiger partial charge < -0.3 is 14.6 Å². The van der Waals surface area contributed by atoms with Gasteiger partial charge in [0.1, 0.15) is 5.58 Å². The van der Waals surface area contributed by atoms with Crippen molar-refractivity contribution in [1.29, 1.82) is 0 Å². The summed E-state index contributed by atoms with van der Waals surface area (Å²) in [6, 6.07) is 24.4. The second-order valence-corrected chi connectivity index (χ2v) is 7.27. The Morgan fingerprint density at radius 3 is 2.50 bits per heavy atom. The standard InChI is InChI=1S/C24H24N2O2/c1-26(2)21(18-9-4-3-5-10-18)16-25-15-19-14-23(27)28-22-13-12-17-8-6-7-11-20(17)24(19)22/h3-14,21,25H,15-16H2,1-2H3/t21-/m1/s1. The highest BCUT2D eigenvalue weighted by atomic mass is 16.4. The Labute approximate surface area is 164 Å². The number of hydrogen-bond acceptors (Lipinski definition) is 4. The molecule has 0 saturated carbocycles. The highest BCUT2D eigenvalue weighted by Gasteiger charge is 2.14. The van der Waals surface area contributed by atoms with E-state index in [-0.39, 0.29) is 11.7 Å². The molecule has 4 nitrogen and oxygen atoms in total. The first-order valence-corrected chi connectivity index (χ1v) is 9.50. The van der Waals surface area contributed by atoms with Crippen molar-refractivity contribution in [3.05, 3.63) is 94.3 Å². The number of fused-ring (bicyclic) bond motifs is 3. The quantitative estimate of drug-likeness (QED) is 0.404. The van der Waals surface area contributed by atoms with E-state index in [1.807, 2.05) is 30.3 Å².